The number of para-hydroxylation sites is 1. The summed E-state index contributed by atoms with van der Waals surface area (Å²) in [5.41, 5.74) is 7.63. The number of hydrogen-bond acceptors (Lipinski definition) is 3. The molecule has 0 unspecified atom stereocenters. The molecular weight excluding hydrogens is 240 g/mol. The zero-order valence-electron chi connectivity index (χ0n) is 11.0. The lowest BCUT2D eigenvalue weighted by atomic mass is 10.1. The average Bonchev–Trinajstić information content (AvgIpc) is 2.46. The van der Waals surface area contributed by atoms with E-state index in [1.54, 1.807) is 37.3 Å². The van der Waals surface area contributed by atoms with Gasteiger partial charge in [-0.1, -0.05) is 18.2 Å². The lowest BCUT2D eigenvalue weighted by Crippen LogP contribution is -2.26. The van der Waals surface area contributed by atoms with Crippen molar-refractivity contribution in [3.8, 4) is 5.75 Å². The Labute approximate surface area is 112 Å². The Kier molecular flexibility index (Phi) is 3.71. The summed E-state index contributed by atoms with van der Waals surface area (Å²) in [5, 5.41) is 0. The van der Waals surface area contributed by atoms with Crippen molar-refractivity contribution >= 4 is 17.3 Å². The Morgan fingerprint density at radius 1 is 1.16 bits per heavy atom. The predicted molar refractivity (Wildman–Crippen MR) is 76.6 cm³/mol. The molecule has 0 fully saturated rings. The smallest absolute Gasteiger partial charge is 0.258 e. The van der Waals surface area contributed by atoms with Gasteiger partial charge in [0.2, 0.25) is 0 Å². The Bertz CT molecular complexity index is 582. The topological polar surface area (TPSA) is 55.6 Å². The van der Waals surface area contributed by atoms with E-state index in [1.165, 1.54) is 0 Å². The van der Waals surface area contributed by atoms with Crippen LogP contribution in [0.25, 0.3) is 0 Å². The monoisotopic (exact) mass is 256 g/mol. The number of nitrogen functional groups attached to an aromatic ring is 1. The molecule has 0 saturated heterocycles. The van der Waals surface area contributed by atoms with Gasteiger partial charge in [-0.05, 0) is 30.3 Å². The highest BCUT2D eigenvalue weighted by Crippen LogP contribution is 2.23. The van der Waals surface area contributed by atoms with E-state index < -0.39 is 0 Å². The highest BCUT2D eigenvalue weighted by atomic mass is 16.5. The molecule has 0 atom stereocenters. The summed E-state index contributed by atoms with van der Waals surface area (Å²) < 4.78 is 5.07. The molecule has 2 rings (SSSR count). The van der Waals surface area contributed by atoms with Crippen LogP contribution in [0.1, 0.15) is 10.4 Å². The molecule has 0 radical (unpaired) electrons. The fraction of sp³-hybridized carbons (Fsp3) is 0.133. The maximum atomic E-state index is 12.3. The standard InChI is InChI=1S/C15H16N2O2/c1-17(12-6-4-3-5-7-12)15(18)11-8-9-14(19-2)13(16)10-11/h3-10H,16H2,1-2H3. The highest BCUT2D eigenvalue weighted by molar-refractivity contribution is 6.06. The summed E-state index contributed by atoms with van der Waals surface area (Å²) in [6, 6.07) is 14.5. The molecular formula is C15H16N2O2. The first-order chi connectivity index (χ1) is 9.13. The van der Waals surface area contributed by atoms with Crippen LogP contribution in [0.3, 0.4) is 0 Å². The van der Waals surface area contributed by atoms with E-state index in [2.05, 4.69) is 0 Å². The second-order valence-electron chi connectivity index (χ2n) is 4.16. The third-order valence-corrected chi connectivity index (χ3v) is 2.92. The number of hydrogen-bond donors (Lipinski definition) is 1. The first-order valence-corrected chi connectivity index (χ1v) is 5.90. The molecule has 0 aliphatic carbocycles. The summed E-state index contributed by atoms with van der Waals surface area (Å²) in [5.74, 6) is 0.458. The highest BCUT2D eigenvalue weighted by Gasteiger charge is 2.14. The lowest BCUT2D eigenvalue weighted by molar-refractivity contribution is 0.0993. The van der Waals surface area contributed by atoms with Crippen molar-refractivity contribution in [2.75, 3.05) is 24.8 Å². The Morgan fingerprint density at radius 3 is 2.42 bits per heavy atom. The molecule has 0 aliphatic heterocycles. The molecule has 4 nitrogen and oxygen atoms in total. The largest absolute Gasteiger partial charge is 0.495 e. The number of ether oxygens (including phenoxy) is 1. The Morgan fingerprint density at radius 2 is 1.84 bits per heavy atom. The van der Waals surface area contributed by atoms with Crippen molar-refractivity contribution in [3.63, 3.8) is 0 Å². The van der Waals surface area contributed by atoms with Gasteiger partial charge in [0.15, 0.2) is 0 Å². The SMILES string of the molecule is COc1ccc(C(=O)N(C)c2ccccc2)cc1N. The average molecular weight is 256 g/mol. The molecule has 2 aromatic rings. The van der Waals surface area contributed by atoms with Crippen LogP contribution in [0.5, 0.6) is 5.75 Å². The van der Waals surface area contributed by atoms with Crippen molar-refractivity contribution in [3.05, 3.63) is 54.1 Å². The quantitative estimate of drug-likeness (QED) is 0.859. The lowest BCUT2D eigenvalue weighted by Gasteiger charge is -2.17. The molecule has 4 heteroatoms. The van der Waals surface area contributed by atoms with Crippen molar-refractivity contribution in [1.29, 1.82) is 0 Å². The number of methoxy groups -OCH3 is 1. The number of amides is 1. The minimum atomic E-state index is -0.111. The van der Waals surface area contributed by atoms with Gasteiger partial charge in [0.1, 0.15) is 5.75 Å². The number of rotatable bonds is 3. The van der Waals surface area contributed by atoms with Gasteiger partial charge in [0.05, 0.1) is 12.8 Å². The van der Waals surface area contributed by atoms with Gasteiger partial charge in [0.25, 0.3) is 5.91 Å². The van der Waals surface area contributed by atoms with E-state index in [0.717, 1.165) is 5.69 Å². The molecule has 0 aliphatic rings. The normalized spacial score (nSPS) is 10.0. The first-order valence-electron chi connectivity index (χ1n) is 5.90. The maximum Gasteiger partial charge on any atom is 0.258 e. The van der Waals surface area contributed by atoms with Crippen LogP contribution in [0.15, 0.2) is 48.5 Å². The number of nitrogens with two attached hydrogens (primary N) is 1. The van der Waals surface area contributed by atoms with Gasteiger partial charge in [-0.15, -0.1) is 0 Å². The fourth-order valence-electron chi connectivity index (χ4n) is 1.83. The van der Waals surface area contributed by atoms with Gasteiger partial charge >= 0.3 is 0 Å². The molecule has 0 spiro atoms. The number of carbonyl (C=O) groups excluding carboxylic acids is 1. The molecule has 19 heavy (non-hydrogen) atoms. The Balaban J connectivity index is 2.27. The summed E-state index contributed by atoms with van der Waals surface area (Å²) in [6.45, 7) is 0. The van der Waals surface area contributed by atoms with Crippen LogP contribution < -0.4 is 15.4 Å². The first kappa shape index (κ1) is 13.0. The molecule has 98 valence electrons. The minimum absolute atomic E-state index is 0.111. The Hall–Kier alpha value is -2.49. The van der Waals surface area contributed by atoms with Crippen LogP contribution in [-0.2, 0) is 0 Å². The van der Waals surface area contributed by atoms with E-state index >= 15 is 0 Å². The number of carbonyl (C=O) groups is 1. The van der Waals surface area contributed by atoms with Crippen LogP contribution in [0, 0.1) is 0 Å². The van der Waals surface area contributed by atoms with Crippen LogP contribution in [-0.4, -0.2) is 20.1 Å². The molecule has 2 aromatic carbocycles. The number of benzene rings is 2. The zero-order chi connectivity index (χ0) is 13.8. The number of nitrogens with zero attached hydrogens (tertiary/aromatic N) is 1. The van der Waals surface area contributed by atoms with E-state index in [-0.39, 0.29) is 5.91 Å². The summed E-state index contributed by atoms with van der Waals surface area (Å²) in [7, 11) is 3.28. The van der Waals surface area contributed by atoms with Crippen LogP contribution in [0.4, 0.5) is 11.4 Å². The molecule has 0 heterocycles. The predicted octanol–water partition coefficient (Wildman–Crippen LogP) is 2.55. The van der Waals surface area contributed by atoms with Crippen molar-refractivity contribution in [1.82, 2.24) is 0 Å². The van der Waals surface area contributed by atoms with Gasteiger partial charge < -0.3 is 15.4 Å². The van der Waals surface area contributed by atoms with E-state index in [4.69, 9.17) is 10.5 Å². The van der Waals surface area contributed by atoms with E-state index in [9.17, 15) is 4.79 Å². The molecule has 1 amide bonds. The fourth-order valence-corrected chi connectivity index (χ4v) is 1.83. The summed E-state index contributed by atoms with van der Waals surface area (Å²) >= 11 is 0. The van der Waals surface area contributed by atoms with Crippen molar-refractivity contribution in [2.45, 2.75) is 0 Å². The summed E-state index contributed by atoms with van der Waals surface area (Å²) in [6.07, 6.45) is 0. The second kappa shape index (κ2) is 5.44. The van der Waals surface area contributed by atoms with Gasteiger partial charge in [-0.3, -0.25) is 4.79 Å². The van der Waals surface area contributed by atoms with E-state index in [0.29, 0.717) is 17.0 Å². The number of anilines is 2. The molecule has 0 saturated carbocycles. The molecule has 0 aromatic heterocycles. The third kappa shape index (κ3) is 2.68. The van der Waals surface area contributed by atoms with Gasteiger partial charge in [-0.25, -0.2) is 0 Å². The minimum Gasteiger partial charge on any atom is -0.495 e. The van der Waals surface area contributed by atoms with Crippen LogP contribution in [0.2, 0.25) is 0 Å². The van der Waals surface area contributed by atoms with Crippen molar-refractivity contribution < 1.29 is 9.53 Å². The maximum absolute atomic E-state index is 12.3. The van der Waals surface area contributed by atoms with Gasteiger partial charge in [0, 0.05) is 18.3 Å². The zero-order valence-corrected chi connectivity index (χ0v) is 11.0. The van der Waals surface area contributed by atoms with E-state index in [1.807, 2.05) is 30.3 Å². The second-order valence-corrected chi connectivity index (χ2v) is 4.16. The molecule has 2 N–H and O–H groups in total. The van der Waals surface area contributed by atoms with Crippen LogP contribution >= 0.6 is 0 Å². The van der Waals surface area contributed by atoms with Crippen molar-refractivity contribution in [2.24, 2.45) is 0 Å². The van der Waals surface area contributed by atoms with Gasteiger partial charge in [-0.2, -0.15) is 0 Å². The molecule has 0 bridgehead atoms. The third-order valence-electron chi connectivity index (χ3n) is 2.92. The summed E-state index contributed by atoms with van der Waals surface area (Å²) in [4.78, 5) is 13.9.